The standard InChI is InChI=1S/C15H16N2O4S/c1-10-7-12(16-22-10)15(19)17-4-6-20-9-11(17)8-13(18)14-3-2-5-21-14/h2-3,5,7,11H,4,6,8-9H2,1H3. The van der Waals surface area contributed by atoms with Gasteiger partial charge in [0, 0.05) is 17.8 Å². The van der Waals surface area contributed by atoms with Crippen molar-refractivity contribution < 1.29 is 18.7 Å². The summed E-state index contributed by atoms with van der Waals surface area (Å²) < 4.78 is 14.7. The van der Waals surface area contributed by atoms with Crippen LogP contribution in [-0.4, -0.2) is 46.8 Å². The molecular formula is C15H16N2O4S. The monoisotopic (exact) mass is 320 g/mol. The minimum absolute atomic E-state index is 0.132. The average Bonchev–Trinajstić information content (AvgIpc) is 3.18. The molecule has 1 aliphatic heterocycles. The van der Waals surface area contributed by atoms with Gasteiger partial charge in [0.05, 0.1) is 25.5 Å². The van der Waals surface area contributed by atoms with Gasteiger partial charge in [0.2, 0.25) is 0 Å². The second-order valence-electron chi connectivity index (χ2n) is 5.15. The molecule has 1 fully saturated rings. The first kappa shape index (κ1) is 14.9. The van der Waals surface area contributed by atoms with E-state index >= 15 is 0 Å². The summed E-state index contributed by atoms with van der Waals surface area (Å²) in [7, 11) is 0. The number of hydrogen-bond acceptors (Lipinski definition) is 6. The summed E-state index contributed by atoms with van der Waals surface area (Å²) in [4.78, 5) is 27.4. The van der Waals surface area contributed by atoms with Gasteiger partial charge < -0.3 is 14.1 Å². The van der Waals surface area contributed by atoms with E-state index in [-0.39, 0.29) is 24.2 Å². The molecule has 1 atom stereocenters. The molecule has 22 heavy (non-hydrogen) atoms. The van der Waals surface area contributed by atoms with Gasteiger partial charge in [-0.05, 0) is 36.7 Å². The molecular weight excluding hydrogens is 304 g/mol. The molecule has 0 aromatic carbocycles. The molecule has 2 aromatic rings. The highest BCUT2D eigenvalue weighted by molar-refractivity contribution is 7.05. The van der Waals surface area contributed by atoms with E-state index in [4.69, 9.17) is 9.15 Å². The maximum absolute atomic E-state index is 12.6. The van der Waals surface area contributed by atoms with Crippen molar-refractivity contribution in [3.05, 3.63) is 40.8 Å². The Labute approximate surface area is 131 Å². The Morgan fingerprint density at radius 2 is 2.36 bits per heavy atom. The largest absolute Gasteiger partial charge is 0.461 e. The minimum atomic E-state index is -0.291. The van der Waals surface area contributed by atoms with Crippen LogP contribution >= 0.6 is 11.5 Å². The van der Waals surface area contributed by atoms with Crippen molar-refractivity contribution in [2.45, 2.75) is 19.4 Å². The van der Waals surface area contributed by atoms with Crippen molar-refractivity contribution in [3.63, 3.8) is 0 Å². The normalized spacial score (nSPS) is 18.4. The summed E-state index contributed by atoms with van der Waals surface area (Å²) >= 11 is 1.30. The number of rotatable bonds is 4. The molecule has 1 saturated heterocycles. The van der Waals surface area contributed by atoms with Gasteiger partial charge in [-0.2, -0.15) is 4.37 Å². The van der Waals surface area contributed by atoms with E-state index in [9.17, 15) is 9.59 Å². The molecule has 3 heterocycles. The minimum Gasteiger partial charge on any atom is -0.461 e. The summed E-state index contributed by atoms with van der Waals surface area (Å²) in [6.07, 6.45) is 1.65. The Morgan fingerprint density at radius 1 is 1.50 bits per heavy atom. The zero-order valence-electron chi connectivity index (χ0n) is 12.2. The van der Waals surface area contributed by atoms with Gasteiger partial charge in [-0.25, -0.2) is 0 Å². The zero-order chi connectivity index (χ0) is 15.5. The molecule has 0 N–H and O–H groups in total. The number of nitrogens with zero attached hydrogens (tertiary/aromatic N) is 2. The van der Waals surface area contributed by atoms with Gasteiger partial charge in [0.25, 0.3) is 5.91 Å². The van der Waals surface area contributed by atoms with Gasteiger partial charge in [-0.3, -0.25) is 9.59 Å². The average molecular weight is 320 g/mol. The molecule has 0 saturated carbocycles. The maximum Gasteiger partial charge on any atom is 0.273 e. The first-order valence-electron chi connectivity index (χ1n) is 7.04. The fourth-order valence-corrected chi connectivity index (χ4v) is 2.99. The van der Waals surface area contributed by atoms with E-state index in [0.29, 0.717) is 31.2 Å². The highest BCUT2D eigenvalue weighted by atomic mass is 32.1. The van der Waals surface area contributed by atoms with Gasteiger partial charge in [0.1, 0.15) is 5.69 Å². The lowest BCUT2D eigenvalue weighted by molar-refractivity contribution is -0.00327. The molecule has 1 amide bonds. The first-order chi connectivity index (χ1) is 10.6. The fraction of sp³-hybridized carbons (Fsp3) is 0.400. The summed E-state index contributed by atoms with van der Waals surface area (Å²) in [5, 5.41) is 0. The molecule has 7 heteroatoms. The topological polar surface area (TPSA) is 72.6 Å². The lowest BCUT2D eigenvalue weighted by Crippen LogP contribution is -2.49. The molecule has 0 radical (unpaired) electrons. The number of furan rings is 1. The van der Waals surface area contributed by atoms with Gasteiger partial charge >= 0.3 is 0 Å². The van der Waals surface area contributed by atoms with Crippen LogP contribution < -0.4 is 0 Å². The number of hydrogen-bond donors (Lipinski definition) is 0. The summed E-state index contributed by atoms with van der Waals surface area (Å²) in [5.74, 6) is 0.0279. The fourth-order valence-electron chi connectivity index (χ4n) is 2.46. The van der Waals surface area contributed by atoms with Crippen LogP contribution in [0.2, 0.25) is 0 Å². The van der Waals surface area contributed by atoms with E-state index in [2.05, 4.69) is 4.37 Å². The molecule has 6 nitrogen and oxygen atoms in total. The van der Waals surface area contributed by atoms with Crippen molar-refractivity contribution in [2.75, 3.05) is 19.8 Å². The molecule has 1 aliphatic rings. The molecule has 3 rings (SSSR count). The predicted molar refractivity (Wildman–Crippen MR) is 80.2 cm³/mol. The third-order valence-corrected chi connectivity index (χ3v) is 4.25. The summed E-state index contributed by atoms with van der Waals surface area (Å²) in [6, 6.07) is 4.78. The summed E-state index contributed by atoms with van der Waals surface area (Å²) in [5.41, 5.74) is 0.430. The third-order valence-electron chi connectivity index (χ3n) is 3.55. The van der Waals surface area contributed by atoms with Crippen molar-refractivity contribution in [3.8, 4) is 0 Å². The molecule has 0 aliphatic carbocycles. The molecule has 0 spiro atoms. The third kappa shape index (κ3) is 3.10. The molecule has 0 bridgehead atoms. The lowest BCUT2D eigenvalue weighted by atomic mass is 10.1. The highest BCUT2D eigenvalue weighted by Crippen LogP contribution is 2.18. The smallest absolute Gasteiger partial charge is 0.273 e. The number of ketones is 1. The molecule has 1 unspecified atom stereocenters. The van der Waals surface area contributed by atoms with E-state index in [1.165, 1.54) is 17.8 Å². The SMILES string of the molecule is Cc1cc(C(=O)N2CCOCC2CC(=O)c2ccco2)ns1. The van der Waals surface area contributed by atoms with Gasteiger partial charge in [0.15, 0.2) is 11.5 Å². The van der Waals surface area contributed by atoms with E-state index < -0.39 is 0 Å². The molecule has 2 aromatic heterocycles. The van der Waals surface area contributed by atoms with Crippen LogP contribution in [0.5, 0.6) is 0 Å². The number of aryl methyl sites for hydroxylation is 1. The van der Waals surface area contributed by atoms with Crippen LogP contribution in [0.4, 0.5) is 0 Å². The second-order valence-corrected chi connectivity index (χ2v) is 6.16. The van der Waals surface area contributed by atoms with Crippen molar-refractivity contribution in [2.24, 2.45) is 0 Å². The van der Waals surface area contributed by atoms with Crippen LogP contribution in [0.1, 0.15) is 32.3 Å². The van der Waals surface area contributed by atoms with Gasteiger partial charge in [-0.1, -0.05) is 0 Å². The second kappa shape index (κ2) is 6.41. The van der Waals surface area contributed by atoms with E-state index in [1.807, 2.05) is 6.92 Å². The Kier molecular flexibility index (Phi) is 4.35. The van der Waals surface area contributed by atoms with Crippen molar-refractivity contribution in [1.82, 2.24) is 9.27 Å². The predicted octanol–water partition coefficient (Wildman–Crippen LogP) is 2.16. The first-order valence-corrected chi connectivity index (χ1v) is 7.81. The lowest BCUT2D eigenvalue weighted by Gasteiger charge is -2.34. The Bertz CT molecular complexity index is 665. The van der Waals surface area contributed by atoms with Crippen LogP contribution in [0, 0.1) is 6.92 Å². The highest BCUT2D eigenvalue weighted by Gasteiger charge is 2.31. The van der Waals surface area contributed by atoms with Crippen LogP contribution in [0.15, 0.2) is 28.9 Å². The summed E-state index contributed by atoms with van der Waals surface area (Å²) in [6.45, 7) is 3.19. The maximum atomic E-state index is 12.6. The Hall–Kier alpha value is -1.99. The Balaban J connectivity index is 1.73. The number of aromatic nitrogens is 1. The number of Topliss-reactive ketones (excluding diaryl/α,β-unsaturated/α-hetero) is 1. The zero-order valence-corrected chi connectivity index (χ0v) is 13.0. The number of amides is 1. The molecule has 116 valence electrons. The van der Waals surface area contributed by atoms with Crippen molar-refractivity contribution in [1.29, 1.82) is 0 Å². The number of carbonyl (C=O) groups excluding carboxylic acids is 2. The van der Waals surface area contributed by atoms with E-state index in [0.717, 1.165) is 4.88 Å². The van der Waals surface area contributed by atoms with Crippen LogP contribution in [0.25, 0.3) is 0 Å². The quantitative estimate of drug-likeness (QED) is 0.807. The van der Waals surface area contributed by atoms with Crippen molar-refractivity contribution >= 4 is 23.2 Å². The van der Waals surface area contributed by atoms with Crippen LogP contribution in [-0.2, 0) is 4.74 Å². The number of morpholine rings is 1. The van der Waals surface area contributed by atoms with Crippen LogP contribution in [0.3, 0.4) is 0 Å². The Morgan fingerprint density at radius 3 is 3.05 bits per heavy atom. The van der Waals surface area contributed by atoms with E-state index in [1.54, 1.807) is 23.1 Å². The van der Waals surface area contributed by atoms with Gasteiger partial charge in [-0.15, -0.1) is 0 Å². The number of ether oxygens (including phenoxy) is 1. The number of carbonyl (C=O) groups is 2.